The summed E-state index contributed by atoms with van der Waals surface area (Å²) in [5, 5.41) is 0. The Labute approximate surface area is 55.9 Å². The van der Waals surface area contributed by atoms with Gasteiger partial charge in [0.2, 0.25) is 0 Å². The summed E-state index contributed by atoms with van der Waals surface area (Å²) >= 11 is 0. The van der Waals surface area contributed by atoms with Gasteiger partial charge in [-0.2, -0.15) is 7.82 Å². The Bertz CT molecular complexity index is 54.7. The van der Waals surface area contributed by atoms with E-state index in [4.69, 9.17) is 19.2 Å². The van der Waals surface area contributed by atoms with Crippen LogP contribution in [0.1, 0.15) is 0 Å². The molecule has 0 unspecified atom stereocenters. The van der Waals surface area contributed by atoms with Crippen LogP contribution < -0.4 is 14.7 Å². The first-order valence-corrected chi connectivity index (χ1v) is 2.19. The minimum Gasteiger partial charge on any atom is -0.822 e. The fourth-order valence-corrected chi connectivity index (χ4v) is 0. The third-order valence-corrected chi connectivity index (χ3v) is 0. The summed E-state index contributed by atoms with van der Waals surface area (Å²) in [6, 6.07) is 0. The van der Waals surface area contributed by atoms with Gasteiger partial charge >= 0.3 is 17.1 Å². The van der Waals surface area contributed by atoms with Gasteiger partial charge in [0.05, 0.1) is 0 Å². The van der Waals surface area contributed by atoms with Crippen LogP contribution in [0.2, 0.25) is 0 Å². The Hall–Kier alpha value is 0.549. The molecule has 0 saturated heterocycles. The summed E-state index contributed by atoms with van der Waals surface area (Å²) in [6.07, 6.45) is 0. The molecule has 0 radical (unpaired) electrons. The number of rotatable bonds is 0. The van der Waals surface area contributed by atoms with Gasteiger partial charge in [-0.15, -0.1) is 0 Å². The van der Waals surface area contributed by atoms with Crippen LogP contribution in [0.5, 0.6) is 0 Å². The predicted molar refractivity (Wildman–Crippen MR) is 14.8 cm³/mol. The standard InChI is InChI=1S/Fe.H3O4P.2H2O/c;1-5(2,3)4;;/h;(H3,1,2,3,4);2*1H2/q+2;;;/p-3. The molecule has 0 aromatic carbocycles. The van der Waals surface area contributed by atoms with Gasteiger partial charge in [0.15, 0.2) is 0 Å². The molecule has 0 amide bonds. The first-order chi connectivity index (χ1) is 2.00. The van der Waals surface area contributed by atoms with Gasteiger partial charge in [-0.1, -0.05) is 0 Å². The van der Waals surface area contributed by atoms with Crippen LogP contribution in [0.15, 0.2) is 0 Å². The molecule has 6 nitrogen and oxygen atoms in total. The van der Waals surface area contributed by atoms with Crippen LogP contribution in [0, 0.1) is 0 Å². The zero-order valence-electron chi connectivity index (χ0n) is 3.43. The van der Waals surface area contributed by atoms with E-state index in [1.807, 2.05) is 0 Å². The van der Waals surface area contributed by atoms with Crippen molar-refractivity contribution in [3.05, 3.63) is 0 Å². The van der Waals surface area contributed by atoms with Crippen molar-refractivity contribution in [1.29, 1.82) is 0 Å². The molecule has 0 saturated carbocycles. The quantitative estimate of drug-likeness (QED) is 0.277. The normalized spacial score (nSPS) is 7.38. The van der Waals surface area contributed by atoms with Gasteiger partial charge in [0, 0.05) is 0 Å². The monoisotopic (exact) mass is 187 g/mol. The largest absolute Gasteiger partial charge is 2.00 e. The van der Waals surface area contributed by atoms with E-state index < -0.39 is 7.82 Å². The molecule has 8 heteroatoms. The fourth-order valence-electron chi connectivity index (χ4n) is 0. The maximum atomic E-state index is 8.55. The van der Waals surface area contributed by atoms with E-state index in [9.17, 15) is 0 Å². The third kappa shape index (κ3) is 668. The maximum Gasteiger partial charge on any atom is 2.00 e. The van der Waals surface area contributed by atoms with Crippen LogP contribution in [0.25, 0.3) is 0 Å². The van der Waals surface area contributed by atoms with Gasteiger partial charge in [-0.25, -0.2) is 0 Å². The molecular weight excluding hydrogens is 183 g/mol. The summed E-state index contributed by atoms with van der Waals surface area (Å²) in [5.41, 5.74) is 0. The zero-order chi connectivity index (χ0) is 4.50. The van der Waals surface area contributed by atoms with Crippen LogP contribution in [-0.4, -0.2) is 11.0 Å². The fraction of sp³-hybridized carbons (Fsp3) is 0. The molecule has 0 heterocycles. The van der Waals surface area contributed by atoms with E-state index in [0.717, 1.165) is 0 Å². The Morgan fingerprint density at radius 3 is 1.00 bits per heavy atom. The molecule has 0 aromatic rings. The van der Waals surface area contributed by atoms with Crippen LogP contribution in [0.3, 0.4) is 0 Å². The number of hydrogen-bond donors (Lipinski definition) is 0. The SMILES string of the molecule is O.O.O=P([O-])([O-])[O-].[Fe+2]. The van der Waals surface area contributed by atoms with Crippen molar-refractivity contribution in [1.82, 2.24) is 0 Å². The molecule has 0 aliphatic carbocycles. The van der Waals surface area contributed by atoms with E-state index in [2.05, 4.69) is 0 Å². The molecule has 0 fully saturated rings. The molecule has 0 rings (SSSR count). The molecule has 54 valence electrons. The Kier molecular flexibility index (Phi) is 22.2. The van der Waals surface area contributed by atoms with E-state index in [1.54, 1.807) is 0 Å². The van der Waals surface area contributed by atoms with Gasteiger partial charge in [-0.05, 0) is 0 Å². The maximum absolute atomic E-state index is 8.55. The van der Waals surface area contributed by atoms with Crippen molar-refractivity contribution in [3.8, 4) is 0 Å². The molecule has 4 N–H and O–H groups in total. The molecule has 0 aliphatic heterocycles. The van der Waals surface area contributed by atoms with Gasteiger partial charge in [0.1, 0.15) is 0 Å². The molecule has 0 atom stereocenters. The van der Waals surface area contributed by atoms with Crippen LogP contribution in [0.4, 0.5) is 0 Å². The van der Waals surface area contributed by atoms with Gasteiger partial charge < -0.3 is 30.2 Å². The van der Waals surface area contributed by atoms with Crippen molar-refractivity contribution in [2.75, 3.05) is 0 Å². The minimum absolute atomic E-state index is 0. The number of phosphoric acid groups is 1. The molecule has 0 bridgehead atoms. The van der Waals surface area contributed by atoms with Crippen molar-refractivity contribution in [2.24, 2.45) is 0 Å². The molecule has 0 aliphatic rings. The van der Waals surface area contributed by atoms with Crippen molar-refractivity contribution >= 4 is 7.82 Å². The van der Waals surface area contributed by atoms with Gasteiger partial charge in [0.25, 0.3) is 0 Å². The van der Waals surface area contributed by atoms with Crippen molar-refractivity contribution in [3.63, 3.8) is 0 Å². The summed E-state index contributed by atoms with van der Waals surface area (Å²) in [4.78, 5) is 25.6. The van der Waals surface area contributed by atoms with Crippen molar-refractivity contribution < 1.29 is 47.3 Å². The summed E-state index contributed by atoms with van der Waals surface area (Å²) in [5.74, 6) is 0. The van der Waals surface area contributed by atoms with E-state index in [1.165, 1.54) is 0 Å². The van der Waals surface area contributed by atoms with E-state index >= 15 is 0 Å². The third-order valence-electron chi connectivity index (χ3n) is 0. The van der Waals surface area contributed by atoms with E-state index in [-0.39, 0.29) is 28.0 Å². The topological polar surface area (TPSA) is 149 Å². The van der Waals surface area contributed by atoms with Gasteiger partial charge in [-0.3, -0.25) is 0 Å². The Balaban J connectivity index is -0.0000000267. The minimum atomic E-state index is -5.39. The van der Waals surface area contributed by atoms with E-state index in [0.29, 0.717) is 0 Å². The second kappa shape index (κ2) is 7.55. The van der Waals surface area contributed by atoms with Crippen molar-refractivity contribution in [2.45, 2.75) is 0 Å². The Morgan fingerprint density at radius 1 is 1.00 bits per heavy atom. The molecule has 0 aromatic heterocycles. The summed E-state index contributed by atoms with van der Waals surface area (Å²) in [6.45, 7) is 0. The smallest absolute Gasteiger partial charge is 0.822 e. The van der Waals surface area contributed by atoms with Crippen LogP contribution >= 0.6 is 7.82 Å². The second-order valence-corrected chi connectivity index (χ2v) is 1.34. The number of hydrogen-bond acceptors (Lipinski definition) is 4. The first-order valence-electron chi connectivity index (χ1n) is 0.730. The molecular formula is H4FeO6P-. The summed E-state index contributed by atoms with van der Waals surface area (Å²) in [7, 11) is -5.39. The second-order valence-electron chi connectivity index (χ2n) is 0.447. The average molecular weight is 187 g/mol. The van der Waals surface area contributed by atoms with Crippen LogP contribution in [-0.2, 0) is 21.6 Å². The predicted octanol–water partition coefficient (Wildman–Crippen LogP) is -4.48. The Morgan fingerprint density at radius 2 is 1.00 bits per heavy atom. The molecule has 8 heavy (non-hydrogen) atoms. The average Bonchev–Trinajstić information content (AvgIpc) is 0.722. The molecule has 0 spiro atoms. The first kappa shape index (κ1) is 23.5. The zero-order valence-corrected chi connectivity index (χ0v) is 5.43. The summed E-state index contributed by atoms with van der Waals surface area (Å²) < 4.78 is 8.55.